The fourth-order valence-electron chi connectivity index (χ4n) is 1.84. The van der Waals surface area contributed by atoms with Gasteiger partial charge in [0, 0.05) is 13.2 Å². The fourth-order valence-corrected chi connectivity index (χ4v) is 2.21. The van der Waals surface area contributed by atoms with Crippen LogP contribution in [0.4, 0.5) is 0 Å². The highest BCUT2D eigenvalue weighted by atomic mass is 35.5. The first-order valence-corrected chi connectivity index (χ1v) is 5.64. The van der Waals surface area contributed by atoms with E-state index in [1.54, 1.807) is 4.68 Å². The van der Waals surface area contributed by atoms with Crippen LogP contribution in [-0.4, -0.2) is 28.4 Å². The van der Waals surface area contributed by atoms with Crippen molar-refractivity contribution in [2.75, 3.05) is 13.6 Å². The van der Waals surface area contributed by atoms with E-state index in [0.29, 0.717) is 0 Å². The molecule has 0 bridgehead atoms. The average Bonchev–Trinajstić information content (AvgIpc) is 2.54. The Kier molecular flexibility index (Phi) is 3.12. The Labute approximate surface area is 99.6 Å². The van der Waals surface area contributed by atoms with Gasteiger partial charge in [-0.25, -0.2) is 4.98 Å². The molecule has 2 heterocycles. The number of rotatable bonds is 3. The molecule has 4 nitrogen and oxygen atoms in total. The van der Waals surface area contributed by atoms with Crippen LogP contribution in [0.2, 0.25) is 5.02 Å². The maximum Gasteiger partial charge on any atom is 0.159 e. The van der Waals surface area contributed by atoms with Crippen LogP contribution in [0, 0.1) is 6.92 Å². The van der Waals surface area contributed by atoms with Gasteiger partial charge in [0.05, 0.1) is 16.1 Å². The minimum atomic E-state index is 0.783. The lowest BCUT2D eigenvalue weighted by molar-refractivity contribution is 0.771. The molecule has 2 rings (SSSR count). The van der Waals surface area contributed by atoms with Crippen LogP contribution in [0.5, 0.6) is 0 Å². The lowest BCUT2D eigenvalue weighted by Gasteiger charge is -2.04. The van der Waals surface area contributed by atoms with Gasteiger partial charge >= 0.3 is 0 Å². The molecule has 5 heteroatoms. The van der Waals surface area contributed by atoms with Crippen LogP contribution in [0.3, 0.4) is 0 Å². The number of aromatic nitrogens is 3. The van der Waals surface area contributed by atoms with Gasteiger partial charge in [0.15, 0.2) is 5.65 Å². The Hall–Kier alpha value is -1.13. The molecule has 0 amide bonds. The first-order valence-electron chi connectivity index (χ1n) is 5.26. The summed E-state index contributed by atoms with van der Waals surface area (Å²) in [4.78, 5) is 4.40. The number of pyridine rings is 1. The number of likely N-dealkylation sites (N-methyl/N-ethyl adjacent to an activating group) is 1. The van der Waals surface area contributed by atoms with Crippen molar-refractivity contribution in [3.8, 4) is 0 Å². The molecule has 1 N–H and O–H groups in total. The maximum absolute atomic E-state index is 6.37. The van der Waals surface area contributed by atoms with Crippen molar-refractivity contribution in [3.05, 3.63) is 22.5 Å². The van der Waals surface area contributed by atoms with Crippen molar-refractivity contribution in [3.63, 3.8) is 0 Å². The van der Waals surface area contributed by atoms with Crippen LogP contribution in [0.15, 0.2) is 6.20 Å². The number of hydrogen-bond acceptors (Lipinski definition) is 3. The zero-order chi connectivity index (χ0) is 11.7. The SMILES string of the molecule is CNCCc1cnc2c(c(C)nn2C)c1Cl. The lowest BCUT2D eigenvalue weighted by Crippen LogP contribution is -2.10. The molecular formula is C11H15ClN4. The van der Waals surface area contributed by atoms with Crippen molar-refractivity contribution in [2.45, 2.75) is 13.3 Å². The zero-order valence-electron chi connectivity index (χ0n) is 9.71. The van der Waals surface area contributed by atoms with E-state index in [1.165, 1.54) is 0 Å². The molecule has 0 aliphatic heterocycles. The van der Waals surface area contributed by atoms with Crippen molar-refractivity contribution in [2.24, 2.45) is 7.05 Å². The molecule has 2 aromatic heterocycles. The van der Waals surface area contributed by atoms with E-state index in [0.717, 1.165) is 40.3 Å². The molecule has 0 unspecified atom stereocenters. The van der Waals surface area contributed by atoms with Crippen LogP contribution in [0.1, 0.15) is 11.3 Å². The minimum absolute atomic E-state index is 0.783. The van der Waals surface area contributed by atoms with Crippen molar-refractivity contribution in [1.29, 1.82) is 0 Å². The normalized spacial score (nSPS) is 11.2. The molecule has 0 atom stereocenters. The van der Waals surface area contributed by atoms with E-state index in [-0.39, 0.29) is 0 Å². The molecule has 0 saturated heterocycles. The first-order chi connectivity index (χ1) is 7.65. The van der Waals surface area contributed by atoms with Crippen molar-refractivity contribution in [1.82, 2.24) is 20.1 Å². The summed E-state index contributed by atoms with van der Waals surface area (Å²) in [6.45, 7) is 2.85. The minimum Gasteiger partial charge on any atom is -0.319 e. The zero-order valence-corrected chi connectivity index (χ0v) is 10.5. The largest absolute Gasteiger partial charge is 0.319 e. The Bertz CT molecular complexity index is 518. The second kappa shape index (κ2) is 4.39. The average molecular weight is 239 g/mol. The van der Waals surface area contributed by atoms with Gasteiger partial charge in [-0.15, -0.1) is 0 Å². The smallest absolute Gasteiger partial charge is 0.159 e. The molecule has 0 spiro atoms. The predicted molar refractivity (Wildman–Crippen MR) is 65.9 cm³/mol. The molecule has 16 heavy (non-hydrogen) atoms. The monoisotopic (exact) mass is 238 g/mol. The van der Waals surface area contributed by atoms with E-state index in [9.17, 15) is 0 Å². The summed E-state index contributed by atoms with van der Waals surface area (Å²) in [5, 5.41) is 9.18. The van der Waals surface area contributed by atoms with E-state index in [1.807, 2.05) is 27.2 Å². The van der Waals surface area contributed by atoms with Crippen molar-refractivity contribution < 1.29 is 0 Å². The number of halogens is 1. The summed E-state index contributed by atoms with van der Waals surface area (Å²) in [5.74, 6) is 0. The van der Waals surface area contributed by atoms with Crippen LogP contribution in [-0.2, 0) is 13.5 Å². The molecule has 86 valence electrons. The summed E-state index contributed by atoms with van der Waals surface area (Å²) < 4.78 is 1.76. The lowest BCUT2D eigenvalue weighted by atomic mass is 10.1. The second-order valence-corrected chi connectivity index (χ2v) is 4.24. The number of nitrogens with zero attached hydrogens (tertiary/aromatic N) is 3. The van der Waals surface area contributed by atoms with Gasteiger partial charge in [0.2, 0.25) is 0 Å². The van der Waals surface area contributed by atoms with Gasteiger partial charge in [-0.05, 0) is 32.5 Å². The number of nitrogens with one attached hydrogen (secondary N) is 1. The highest BCUT2D eigenvalue weighted by Gasteiger charge is 2.13. The molecule has 0 radical (unpaired) electrons. The second-order valence-electron chi connectivity index (χ2n) is 3.86. The molecular weight excluding hydrogens is 224 g/mol. The first kappa shape index (κ1) is 11.4. The number of hydrogen-bond donors (Lipinski definition) is 1. The van der Waals surface area contributed by atoms with E-state index < -0.39 is 0 Å². The fraction of sp³-hybridized carbons (Fsp3) is 0.455. The van der Waals surface area contributed by atoms with Gasteiger partial charge in [-0.3, -0.25) is 4.68 Å². The molecule has 0 fully saturated rings. The summed E-state index contributed by atoms with van der Waals surface area (Å²) >= 11 is 6.37. The molecule has 0 aliphatic carbocycles. The topological polar surface area (TPSA) is 42.7 Å². The number of aryl methyl sites for hydroxylation is 2. The molecule has 0 saturated carbocycles. The van der Waals surface area contributed by atoms with Gasteiger partial charge in [0.1, 0.15) is 0 Å². The summed E-state index contributed by atoms with van der Waals surface area (Å²) in [6, 6.07) is 0. The van der Waals surface area contributed by atoms with Gasteiger partial charge in [-0.2, -0.15) is 5.10 Å². The molecule has 2 aromatic rings. The molecule has 0 aromatic carbocycles. The Morgan fingerprint density at radius 1 is 1.50 bits per heavy atom. The number of fused-ring (bicyclic) bond motifs is 1. The van der Waals surface area contributed by atoms with Crippen LogP contribution >= 0.6 is 11.6 Å². The van der Waals surface area contributed by atoms with Gasteiger partial charge < -0.3 is 5.32 Å². The summed E-state index contributed by atoms with van der Waals surface area (Å²) in [5.41, 5.74) is 2.84. The third-order valence-electron chi connectivity index (χ3n) is 2.68. The van der Waals surface area contributed by atoms with E-state index >= 15 is 0 Å². The Morgan fingerprint density at radius 2 is 2.25 bits per heavy atom. The third kappa shape index (κ3) is 1.79. The van der Waals surface area contributed by atoms with Crippen LogP contribution < -0.4 is 5.32 Å². The summed E-state index contributed by atoms with van der Waals surface area (Å²) in [6.07, 6.45) is 2.72. The standard InChI is InChI=1S/C11H15ClN4/c1-7-9-10(12)8(4-5-13-2)6-14-11(9)16(3)15-7/h6,13H,4-5H2,1-3H3. The predicted octanol–water partition coefficient (Wildman–Crippen LogP) is 1.69. The highest BCUT2D eigenvalue weighted by molar-refractivity contribution is 6.36. The van der Waals surface area contributed by atoms with E-state index in [2.05, 4.69) is 15.4 Å². The van der Waals surface area contributed by atoms with Gasteiger partial charge in [-0.1, -0.05) is 11.6 Å². The Balaban J connectivity index is 2.55. The van der Waals surface area contributed by atoms with Crippen LogP contribution in [0.25, 0.3) is 11.0 Å². The summed E-state index contributed by atoms with van der Waals surface area (Å²) in [7, 11) is 3.81. The van der Waals surface area contributed by atoms with E-state index in [4.69, 9.17) is 11.6 Å². The van der Waals surface area contributed by atoms with Gasteiger partial charge in [0.25, 0.3) is 0 Å². The Morgan fingerprint density at radius 3 is 2.94 bits per heavy atom. The highest BCUT2D eigenvalue weighted by Crippen LogP contribution is 2.27. The molecule has 0 aliphatic rings. The van der Waals surface area contributed by atoms with Crippen molar-refractivity contribution >= 4 is 22.6 Å². The third-order valence-corrected chi connectivity index (χ3v) is 3.11. The quantitative estimate of drug-likeness (QED) is 0.885. The maximum atomic E-state index is 6.37.